The van der Waals surface area contributed by atoms with Crippen LogP contribution in [0.5, 0.6) is 5.88 Å². The number of fused-ring (bicyclic) bond motifs is 1. The molecule has 4 aromatic rings. The standard InChI is InChI=1S/C22H18F2N6O3/c1-22-15-17(28-21(22)31)26-18(27-20(15)32-6-7-33-22)16-13-8-12(23)9-25-19(13)30(29-16)10-11-4-2-3-5-14(11)24/h2-5,8-9,21,31H,6-7,10H2,1H3,(H,26,27,28)/t21?,22-/m0/s1. The van der Waals surface area contributed by atoms with E-state index >= 15 is 0 Å². The number of rotatable bonds is 3. The molecule has 5 heterocycles. The van der Waals surface area contributed by atoms with Gasteiger partial charge in [-0.15, -0.1) is 0 Å². The van der Waals surface area contributed by atoms with E-state index in [1.807, 2.05) is 0 Å². The molecular formula is C22H18F2N6O3. The third-order valence-electron chi connectivity index (χ3n) is 5.93. The Labute approximate surface area is 186 Å². The Bertz CT molecular complexity index is 1410. The van der Waals surface area contributed by atoms with E-state index in [9.17, 15) is 13.9 Å². The van der Waals surface area contributed by atoms with E-state index < -0.39 is 17.6 Å². The van der Waals surface area contributed by atoms with Crippen molar-refractivity contribution in [2.75, 3.05) is 18.5 Å². The van der Waals surface area contributed by atoms with Gasteiger partial charge in [-0.1, -0.05) is 18.2 Å². The molecule has 33 heavy (non-hydrogen) atoms. The molecule has 2 N–H and O–H groups in total. The highest BCUT2D eigenvalue weighted by molar-refractivity contribution is 5.89. The van der Waals surface area contributed by atoms with E-state index in [2.05, 4.69) is 25.4 Å². The second-order valence-electron chi connectivity index (χ2n) is 8.05. The van der Waals surface area contributed by atoms with Crippen LogP contribution in [-0.2, 0) is 16.9 Å². The van der Waals surface area contributed by atoms with Gasteiger partial charge in [-0.3, -0.25) is 0 Å². The number of aliphatic hydroxyl groups excluding tert-OH is 1. The van der Waals surface area contributed by atoms with Gasteiger partial charge in [-0.2, -0.15) is 10.1 Å². The van der Waals surface area contributed by atoms with Crippen molar-refractivity contribution in [2.24, 2.45) is 0 Å². The van der Waals surface area contributed by atoms with Crippen molar-refractivity contribution in [3.8, 4) is 17.4 Å². The lowest BCUT2D eigenvalue weighted by Gasteiger charge is -2.26. The van der Waals surface area contributed by atoms with Crippen LogP contribution in [0.3, 0.4) is 0 Å². The summed E-state index contributed by atoms with van der Waals surface area (Å²) in [5.74, 6) is -0.197. The Morgan fingerprint density at radius 3 is 2.94 bits per heavy atom. The fourth-order valence-corrected chi connectivity index (χ4v) is 4.25. The number of anilines is 1. The van der Waals surface area contributed by atoms with E-state index in [-0.39, 0.29) is 43.0 Å². The van der Waals surface area contributed by atoms with Crippen molar-refractivity contribution >= 4 is 16.9 Å². The zero-order chi connectivity index (χ0) is 22.7. The fourth-order valence-electron chi connectivity index (χ4n) is 4.25. The molecular weight excluding hydrogens is 434 g/mol. The molecule has 0 spiro atoms. The number of benzene rings is 1. The lowest BCUT2D eigenvalue weighted by molar-refractivity contribution is -0.0984. The van der Waals surface area contributed by atoms with Gasteiger partial charge in [0.1, 0.15) is 35.4 Å². The number of hydrogen-bond acceptors (Lipinski definition) is 8. The fraction of sp³-hybridized carbons (Fsp3) is 0.273. The van der Waals surface area contributed by atoms with Gasteiger partial charge in [0.2, 0.25) is 5.88 Å². The Hall–Kier alpha value is -3.70. The molecule has 2 atom stereocenters. The number of aromatic nitrogens is 5. The zero-order valence-electron chi connectivity index (χ0n) is 17.4. The maximum atomic E-state index is 14.3. The molecule has 9 nitrogen and oxygen atoms in total. The molecule has 0 bridgehead atoms. The highest BCUT2D eigenvalue weighted by Crippen LogP contribution is 2.46. The highest BCUT2D eigenvalue weighted by atomic mass is 19.1. The first kappa shape index (κ1) is 19.9. The van der Waals surface area contributed by atoms with Crippen LogP contribution in [0.4, 0.5) is 14.6 Å². The molecule has 1 unspecified atom stereocenters. The largest absolute Gasteiger partial charge is 0.475 e. The second-order valence-corrected chi connectivity index (χ2v) is 8.05. The van der Waals surface area contributed by atoms with Crippen molar-refractivity contribution in [3.05, 3.63) is 59.3 Å². The molecule has 3 aromatic heterocycles. The maximum absolute atomic E-state index is 14.3. The smallest absolute Gasteiger partial charge is 0.225 e. The van der Waals surface area contributed by atoms with Gasteiger partial charge in [0.15, 0.2) is 17.7 Å². The summed E-state index contributed by atoms with van der Waals surface area (Å²) in [7, 11) is 0. The minimum absolute atomic E-state index is 0.0823. The first-order valence-corrected chi connectivity index (χ1v) is 10.3. The molecule has 0 saturated carbocycles. The summed E-state index contributed by atoms with van der Waals surface area (Å²) in [5.41, 5.74) is 0.454. The number of halogens is 2. The maximum Gasteiger partial charge on any atom is 0.225 e. The van der Waals surface area contributed by atoms with Crippen LogP contribution >= 0.6 is 0 Å². The van der Waals surface area contributed by atoms with Crippen molar-refractivity contribution in [3.63, 3.8) is 0 Å². The Kier molecular flexibility index (Phi) is 4.32. The first-order chi connectivity index (χ1) is 15.9. The quantitative estimate of drug-likeness (QED) is 0.489. The zero-order valence-corrected chi connectivity index (χ0v) is 17.4. The van der Waals surface area contributed by atoms with Crippen LogP contribution in [-0.4, -0.2) is 49.3 Å². The van der Waals surface area contributed by atoms with Gasteiger partial charge < -0.3 is 19.9 Å². The number of hydrogen-bond donors (Lipinski definition) is 2. The Morgan fingerprint density at radius 1 is 1.24 bits per heavy atom. The van der Waals surface area contributed by atoms with Crippen LogP contribution < -0.4 is 10.1 Å². The Balaban J connectivity index is 1.53. The molecule has 1 aromatic carbocycles. The third-order valence-corrected chi connectivity index (χ3v) is 5.93. The van der Waals surface area contributed by atoms with E-state index in [4.69, 9.17) is 9.47 Å². The number of nitrogens with zero attached hydrogens (tertiary/aromatic N) is 5. The predicted molar refractivity (Wildman–Crippen MR) is 112 cm³/mol. The summed E-state index contributed by atoms with van der Waals surface area (Å²) in [4.78, 5) is 13.2. The van der Waals surface area contributed by atoms with Crippen LogP contribution in [0.1, 0.15) is 18.1 Å². The minimum Gasteiger partial charge on any atom is -0.475 e. The number of aliphatic hydroxyl groups is 1. The lowest BCUT2D eigenvalue weighted by atomic mass is 9.99. The molecule has 0 aliphatic carbocycles. The summed E-state index contributed by atoms with van der Waals surface area (Å²) in [6.07, 6.45) is 0.0272. The van der Waals surface area contributed by atoms with Crippen molar-refractivity contribution in [2.45, 2.75) is 25.3 Å². The molecule has 0 radical (unpaired) electrons. The lowest BCUT2D eigenvalue weighted by Crippen LogP contribution is -2.38. The van der Waals surface area contributed by atoms with E-state index in [0.29, 0.717) is 28.0 Å². The number of pyridine rings is 1. The van der Waals surface area contributed by atoms with Crippen molar-refractivity contribution in [1.29, 1.82) is 0 Å². The van der Waals surface area contributed by atoms with Crippen LogP contribution in [0.15, 0.2) is 36.5 Å². The minimum atomic E-state index is -1.07. The Morgan fingerprint density at radius 2 is 2.09 bits per heavy atom. The molecule has 0 amide bonds. The van der Waals surface area contributed by atoms with Crippen LogP contribution in [0, 0.1) is 11.6 Å². The average molecular weight is 452 g/mol. The molecule has 0 fully saturated rings. The van der Waals surface area contributed by atoms with Gasteiger partial charge in [-0.25, -0.2) is 23.4 Å². The average Bonchev–Trinajstić information content (AvgIpc) is 3.19. The first-order valence-electron chi connectivity index (χ1n) is 10.3. The van der Waals surface area contributed by atoms with Gasteiger partial charge in [0, 0.05) is 5.56 Å². The summed E-state index contributed by atoms with van der Waals surface area (Å²) in [5, 5.41) is 18.4. The summed E-state index contributed by atoms with van der Waals surface area (Å²) >= 11 is 0. The molecule has 0 saturated heterocycles. The van der Waals surface area contributed by atoms with Crippen LogP contribution in [0.2, 0.25) is 0 Å². The normalized spacial score (nSPS) is 21.4. The van der Waals surface area contributed by atoms with Crippen molar-refractivity contribution < 1.29 is 23.4 Å². The summed E-state index contributed by atoms with van der Waals surface area (Å²) in [6, 6.07) is 7.62. The summed E-state index contributed by atoms with van der Waals surface area (Å²) in [6.45, 7) is 2.31. The highest BCUT2D eigenvalue weighted by Gasteiger charge is 2.49. The molecule has 11 heteroatoms. The van der Waals surface area contributed by atoms with Gasteiger partial charge in [-0.05, 0) is 19.1 Å². The third kappa shape index (κ3) is 3.04. The monoisotopic (exact) mass is 452 g/mol. The van der Waals surface area contributed by atoms with E-state index in [1.165, 1.54) is 16.8 Å². The second kappa shape index (κ2) is 7.15. The number of nitrogens with one attached hydrogen (secondary N) is 1. The summed E-state index contributed by atoms with van der Waals surface area (Å²) < 4.78 is 41.5. The SMILES string of the molecule is C[C@]12OCCOc3nc(-c4nn(Cc5ccccc5F)c5ncc(F)cc45)nc(c31)NC2O. The van der Waals surface area contributed by atoms with Crippen LogP contribution in [0.25, 0.3) is 22.6 Å². The van der Waals surface area contributed by atoms with E-state index in [1.54, 1.807) is 25.1 Å². The molecule has 6 rings (SSSR count). The van der Waals surface area contributed by atoms with Crippen molar-refractivity contribution in [1.82, 2.24) is 24.7 Å². The van der Waals surface area contributed by atoms with Gasteiger partial charge in [0.05, 0.1) is 30.3 Å². The number of ether oxygens (including phenoxy) is 2. The topological polar surface area (TPSA) is 107 Å². The molecule has 2 aliphatic rings. The molecule has 2 aliphatic heterocycles. The predicted octanol–water partition coefficient (Wildman–Crippen LogP) is 2.58. The molecule has 168 valence electrons. The van der Waals surface area contributed by atoms with Gasteiger partial charge >= 0.3 is 0 Å². The van der Waals surface area contributed by atoms with Gasteiger partial charge in [0.25, 0.3) is 0 Å². The van der Waals surface area contributed by atoms with E-state index in [0.717, 1.165) is 6.20 Å².